The van der Waals surface area contributed by atoms with E-state index in [0.717, 1.165) is 19.3 Å². The Balaban J connectivity index is 0.00000312. The molecule has 2 amide bonds. The van der Waals surface area contributed by atoms with Crippen LogP contribution in [-0.4, -0.2) is 35.3 Å². The van der Waals surface area contributed by atoms with Crippen molar-refractivity contribution in [3.05, 3.63) is 28.8 Å². The lowest BCUT2D eigenvalue weighted by molar-refractivity contribution is -0.118. The zero-order valence-corrected chi connectivity index (χ0v) is 16.5. The molecule has 7 heteroatoms. The molecule has 3 N–H and O–H groups in total. The second-order valence-electron chi connectivity index (χ2n) is 6.76. The molecular formula is C18H27Cl2N3O2. The fourth-order valence-corrected chi connectivity index (χ4v) is 3.16. The summed E-state index contributed by atoms with van der Waals surface area (Å²) in [5.41, 5.74) is 7.04. The van der Waals surface area contributed by atoms with Crippen LogP contribution in [0.5, 0.6) is 0 Å². The van der Waals surface area contributed by atoms with Crippen molar-refractivity contribution in [3.63, 3.8) is 0 Å². The summed E-state index contributed by atoms with van der Waals surface area (Å²) in [5.74, 6) is -0.353. The third-order valence-electron chi connectivity index (χ3n) is 4.41. The van der Waals surface area contributed by atoms with Gasteiger partial charge in [-0.25, -0.2) is 0 Å². The maximum Gasteiger partial charge on any atom is 0.255 e. The van der Waals surface area contributed by atoms with E-state index in [1.165, 1.54) is 0 Å². The predicted octanol–water partition coefficient (Wildman–Crippen LogP) is 3.70. The van der Waals surface area contributed by atoms with Gasteiger partial charge >= 0.3 is 0 Å². The number of hydrogen-bond acceptors (Lipinski definition) is 3. The molecule has 0 aliphatic carbocycles. The van der Waals surface area contributed by atoms with Gasteiger partial charge in [-0.2, -0.15) is 0 Å². The number of halogens is 2. The van der Waals surface area contributed by atoms with E-state index in [9.17, 15) is 9.59 Å². The Bertz CT molecular complexity index is 620. The third-order valence-corrected chi connectivity index (χ3v) is 4.74. The van der Waals surface area contributed by atoms with E-state index in [1.54, 1.807) is 18.2 Å². The first-order valence-corrected chi connectivity index (χ1v) is 8.86. The van der Waals surface area contributed by atoms with Crippen LogP contribution in [-0.2, 0) is 4.79 Å². The first-order valence-electron chi connectivity index (χ1n) is 8.48. The number of nitrogens with one attached hydrogen (secondary N) is 1. The molecule has 1 saturated heterocycles. The highest BCUT2D eigenvalue weighted by Crippen LogP contribution is 2.27. The maximum atomic E-state index is 13.0. The Labute approximate surface area is 160 Å². The summed E-state index contributed by atoms with van der Waals surface area (Å²) >= 11 is 6.25. The lowest BCUT2D eigenvalue weighted by atomic mass is 9.96. The van der Waals surface area contributed by atoms with E-state index in [4.69, 9.17) is 17.3 Å². The van der Waals surface area contributed by atoms with E-state index < -0.39 is 0 Å². The van der Waals surface area contributed by atoms with Crippen molar-refractivity contribution < 1.29 is 9.59 Å². The first kappa shape index (κ1) is 21.7. The molecule has 1 aliphatic heterocycles. The first-order chi connectivity index (χ1) is 11.3. The van der Waals surface area contributed by atoms with Gasteiger partial charge in [0.25, 0.3) is 5.91 Å². The maximum absolute atomic E-state index is 13.0. The summed E-state index contributed by atoms with van der Waals surface area (Å²) < 4.78 is 0. The molecule has 2 rings (SSSR count). The molecule has 1 aromatic rings. The normalized spacial score (nSPS) is 18.5. The molecule has 5 nitrogen and oxygen atoms in total. The molecule has 2 atom stereocenters. The topological polar surface area (TPSA) is 75.4 Å². The predicted molar refractivity (Wildman–Crippen MR) is 104 cm³/mol. The number of hydrogen-bond donors (Lipinski definition) is 2. The van der Waals surface area contributed by atoms with Gasteiger partial charge in [0.05, 0.1) is 10.6 Å². The quantitative estimate of drug-likeness (QED) is 0.826. The second kappa shape index (κ2) is 9.41. The smallest absolute Gasteiger partial charge is 0.255 e. The zero-order valence-electron chi connectivity index (χ0n) is 14.9. The van der Waals surface area contributed by atoms with Crippen LogP contribution in [0, 0.1) is 5.92 Å². The van der Waals surface area contributed by atoms with Gasteiger partial charge in [0.15, 0.2) is 0 Å². The number of amides is 2. The molecule has 1 aliphatic rings. The molecule has 0 spiro atoms. The molecular weight excluding hydrogens is 361 g/mol. The van der Waals surface area contributed by atoms with Gasteiger partial charge in [-0.05, 0) is 44.4 Å². The van der Waals surface area contributed by atoms with E-state index in [2.05, 4.69) is 5.32 Å². The number of benzene rings is 1. The van der Waals surface area contributed by atoms with E-state index >= 15 is 0 Å². The Morgan fingerprint density at radius 2 is 1.96 bits per heavy atom. The number of nitrogens with two attached hydrogens (primary N) is 1. The van der Waals surface area contributed by atoms with Crippen molar-refractivity contribution in [2.24, 2.45) is 11.7 Å². The van der Waals surface area contributed by atoms with Gasteiger partial charge in [-0.3, -0.25) is 9.59 Å². The van der Waals surface area contributed by atoms with Crippen LogP contribution in [0.15, 0.2) is 18.2 Å². The third kappa shape index (κ3) is 5.33. The van der Waals surface area contributed by atoms with Crippen LogP contribution in [0.4, 0.5) is 5.69 Å². The minimum Gasteiger partial charge on any atom is -0.334 e. The minimum absolute atomic E-state index is 0. The average Bonchev–Trinajstić information content (AvgIpc) is 2.55. The van der Waals surface area contributed by atoms with Crippen LogP contribution < -0.4 is 11.1 Å². The fraction of sp³-hybridized carbons (Fsp3) is 0.556. The van der Waals surface area contributed by atoms with Crippen LogP contribution >= 0.6 is 24.0 Å². The number of likely N-dealkylation sites (tertiary alicyclic amines) is 1. The molecule has 0 saturated carbocycles. The number of anilines is 1. The average molecular weight is 388 g/mol. The second-order valence-corrected chi connectivity index (χ2v) is 7.17. The Morgan fingerprint density at radius 3 is 2.56 bits per heavy atom. The fourth-order valence-electron chi connectivity index (χ4n) is 2.96. The van der Waals surface area contributed by atoms with Crippen LogP contribution in [0.25, 0.3) is 0 Å². The number of carbonyl (C=O) groups is 2. The molecule has 1 fully saturated rings. The van der Waals surface area contributed by atoms with Gasteiger partial charge in [0.1, 0.15) is 0 Å². The summed E-state index contributed by atoms with van der Waals surface area (Å²) in [5, 5.41) is 3.19. The summed E-state index contributed by atoms with van der Waals surface area (Å²) in [4.78, 5) is 26.7. The Morgan fingerprint density at radius 1 is 1.28 bits per heavy atom. The van der Waals surface area contributed by atoms with E-state index in [-0.39, 0.29) is 42.2 Å². The number of nitrogens with zero attached hydrogens (tertiary/aromatic N) is 1. The monoisotopic (exact) mass is 387 g/mol. The van der Waals surface area contributed by atoms with E-state index in [1.807, 2.05) is 25.7 Å². The number of carbonyl (C=O) groups excluding carboxylic acids is 2. The lowest BCUT2D eigenvalue weighted by Gasteiger charge is -2.38. The molecule has 25 heavy (non-hydrogen) atoms. The molecule has 2 unspecified atom stereocenters. The summed E-state index contributed by atoms with van der Waals surface area (Å²) in [6, 6.07) is 4.94. The van der Waals surface area contributed by atoms with Gasteiger partial charge in [-0.15, -0.1) is 12.4 Å². The number of piperidine rings is 1. The molecule has 140 valence electrons. The molecule has 1 aromatic carbocycles. The zero-order chi connectivity index (χ0) is 17.9. The van der Waals surface area contributed by atoms with Crippen LogP contribution in [0.1, 0.15) is 50.4 Å². The van der Waals surface area contributed by atoms with Crippen molar-refractivity contribution >= 4 is 41.5 Å². The lowest BCUT2D eigenvalue weighted by Crippen LogP contribution is -2.51. The van der Waals surface area contributed by atoms with Crippen molar-refractivity contribution in [3.8, 4) is 0 Å². The van der Waals surface area contributed by atoms with Crippen molar-refractivity contribution in [1.82, 2.24) is 4.90 Å². The van der Waals surface area contributed by atoms with Crippen molar-refractivity contribution in [2.75, 3.05) is 11.9 Å². The standard InChI is InChI=1S/C18H26ClN3O2.ClH/c1-11(2)17(23)21-13-7-8-15(19)14(10-13)18(24)22-9-5-4-6-16(22)12(3)20;/h7-8,10-12,16H,4-6,9,20H2,1-3H3,(H,21,23);1H. The van der Waals surface area contributed by atoms with Gasteiger partial charge < -0.3 is 16.0 Å². The van der Waals surface area contributed by atoms with Gasteiger partial charge in [-0.1, -0.05) is 25.4 Å². The van der Waals surface area contributed by atoms with Gasteiger partial charge in [0.2, 0.25) is 5.91 Å². The Kier molecular flexibility index (Phi) is 8.19. The van der Waals surface area contributed by atoms with Gasteiger partial charge in [0, 0.05) is 30.2 Å². The molecule has 0 bridgehead atoms. The van der Waals surface area contributed by atoms with E-state index in [0.29, 0.717) is 22.8 Å². The largest absolute Gasteiger partial charge is 0.334 e. The summed E-state index contributed by atoms with van der Waals surface area (Å²) in [7, 11) is 0. The number of rotatable bonds is 4. The Hall–Kier alpha value is -1.30. The molecule has 0 aromatic heterocycles. The summed E-state index contributed by atoms with van der Waals surface area (Å²) in [6.45, 7) is 6.25. The summed E-state index contributed by atoms with van der Waals surface area (Å²) in [6.07, 6.45) is 2.95. The highest BCUT2D eigenvalue weighted by molar-refractivity contribution is 6.34. The highest BCUT2D eigenvalue weighted by Gasteiger charge is 2.30. The minimum atomic E-state index is -0.135. The molecule has 1 heterocycles. The van der Waals surface area contributed by atoms with Crippen molar-refractivity contribution in [1.29, 1.82) is 0 Å². The van der Waals surface area contributed by atoms with Crippen molar-refractivity contribution in [2.45, 2.75) is 52.1 Å². The highest BCUT2D eigenvalue weighted by atomic mass is 35.5. The SMILES string of the molecule is CC(C)C(=O)Nc1ccc(Cl)c(C(=O)N2CCCCC2C(C)N)c1.Cl. The molecule has 0 radical (unpaired) electrons. The van der Waals surface area contributed by atoms with Crippen LogP contribution in [0.3, 0.4) is 0 Å². The van der Waals surface area contributed by atoms with Crippen LogP contribution in [0.2, 0.25) is 5.02 Å².